The highest BCUT2D eigenvalue weighted by atomic mass is 32.2. The van der Waals surface area contributed by atoms with Gasteiger partial charge in [0.2, 0.25) is 0 Å². The lowest BCUT2D eigenvalue weighted by Crippen LogP contribution is -2.38. The van der Waals surface area contributed by atoms with E-state index in [1.807, 2.05) is 11.8 Å². The SMILES string of the molecule is CC1SCCCC1NCc1ccc(C(F)(F)F)cc1. The quantitative estimate of drug-likeness (QED) is 0.900. The molecule has 0 aliphatic carbocycles. The molecular weight excluding hydrogens is 271 g/mol. The van der Waals surface area contributed by atoms with Crippen LogP contribution in [0.5, 0.6) is 0 Å². The summed E-state index contributed by atoms with van der Waals surface area (Å²) < 4.78 is 37.3. The van der Waals surface area contributed by atoms with E-state index >= 15 is 0 Å². The van der Waals surface area contributed by atoms with Crippen molar-refractivity contribution in [1.82, 2.24) is 5.32 Å². The second-order valence-corrected chi connectivity index (χ2v) is 6.39. The standard InChI is InChI=1S/C14H18F3NS/c1-10-13(3-2-8-19-10)18-9-11-4-6-12(7-5-11)14(15,16)17/h4-7,10,13,18H,2-3,8-9H2,1H3. The maximum absolute atomic E-state index is 12.4. The van der Waals surface area contributed by atoms with Gasteiger partial charge in [-0.3, -0.25) is 0 Å². The molecule has 1 fully saturated rings. The Labute approximate surface area is 116 Å². The minimum atomic E-state index is -4.25. The zero-order valence-corrected chi connectivity index (χ0v) is 11.7. The lowest BCUT2D eigenvalue weighted by molar-refractivity contribution is -0.137. The van der Waals surface area contributed by atoms with Gasteiger partial charge in [-0.1, -0.05) is 19.1 Å². The molecule has 0 saturated carbocycles. The molecule has 106 valence electrons. The fourth-order valence-electron chi connectivity index (χ4n) is 2.25. The predicted octanol–water partition coefficient (Wildman–Crippen LogP) is 4.08. The van der Waals surface area contributed by atoms with E-state index in [4.69, 9.17) is 0 Å². The third-order valence-corrected chi connectivity index (χ3v) is 4.84. The first-order chi connectivity index (χ1) is 8.97. The Morgan fingerprint density at radius 3 is 2.53 bits per heavy atom. The molecule has 0 bridgehead atoms. The minimum Gasteiger partial charge on any atom is -0.309 e. The van der Waals surface area contributed by atoms with Crippen LogP contribution in [0.3, 0.4) is 0 Å². The van der Waals surface area contributed by atoms with Crippen LogP contribution in [0, 0.1) is 0 Å². The Kier molecular flexibility index (Phi) is 4.79. The number of alkyl halides is 3. The summed E-state index contributed by atoms with van der Waals surface area (Å²) in [5, 5.41) is 4.02. The number of benzene rings is 1. The van der Waals surface area contributed by atoms with E-state index in [9.17, 15) is 13.2 Å². The van der Waals surface area contributed by atoms with E-state index in [2.05, 4.69) is 12.2 Å². The first-order valence-corrected chi connectivity index (χ1v) is 7.53. The molecule has 0 aromatic heterocycles. The molecule has 1 aliphatic heterocycles. The van der Waals surface area contributed by atoms with Crippen LogP contribution >= 0.6 is 11.8 Å². The number of nitrogens with one attached hydrogen (secondary N) is 1. The van der Waals surface area contributed by atoms with Crippen LogP contribution in [0.15, 0.2) is 24.3 Å². The third kappa shape index (κ3) is 4.14. The molecule has 2 rings (SSSR count). The topological polar surface area (TPSA) is 12.0 Å². The van der Waals surface area contributed by atoms with Crippen molar-refractivity contribution in [2.75, 3.05) is 5.75 Å². The third-order valence-electron chi connectivity index (χ3n) is 3.46. The van der Waals surface area contributed by atoms with Crippen LogP contribution < -0.4 is 5.32 Å². The van der Waals surface area contributed by atoms with E-state index in [1.54, 1.807) is 12.1 Å². The van der Waals surface area contributed by atoms with Crippen molar-refractivity contribution >= 4 is 11.8 Å². The summed E-state index contributed by atoms with van der Waals surface area (Å²) in [5.74, 6) is 1.21. The fourth-order valence-corrected chi connectivity index (χ4v) is 3.42. The van der Waals surface area contributed by atoms with Crippen LogP contribution in [0.25, 0.3) is 0 Å². The molecule has 5 heteroatoms. The van der Waals surface area contributed by atoms with E-state index in [1.165, 1.54) is 12.2 Å². The monoisotopic (exact) mass is 289 g/mol. The van der Waals surface area contributed by atoms with Crippen molar-refractivity contribution in [3.8, 4) is 0 Å². The summed E-state index contributed by atoms with van der Waals surface area (Å²) >= 11 is 1.96. The van der Waals surface area contributed by atoms with Gasteiger partial charge < -0.3 is 5.32 Å². The molecule has 0 radical (unpaired) electrons. The molecule has 1 aromatic rings. The van der Waals surface area contributed by atoms with Gasteiger partial charge in [0.25, 0.3) is 0 Å². The second-order valence-electron chi connectivity index (χ2n) is 4.90. The Morgan fingerprint density at radius 2 is 1.95 bits per heavy atom. The zero-order valence-electron chi connectivity index (χ0n) is 10.8. The van der Waals surface area contributed by atoms with Crippen LogP contribution in [0.4, 0.5) is 13.2 Å². The van der Waals surface area contributed by atoms with E-state index in [0.717, 1.165) is 24.1 Å². The molecular formula is C14H18F3NS. The number of hydrogen-bond donors (Lipinski definition) is 1. The zero-order chi connectivity index (χ0) is 13.9. The molecule has 0 amide bonds. The minimum absolute atomic E-state index is 0.459. The first kappa shape index (κ1) is 14.7. The number of halogens is 3. The summed E-state index contributed by atoms with van der Waals surface area (Å²) in [5.41, 5.74) is 0.314. The molecule has 1 aromatic carbocycles. The molecule has 0 spiro atoms. The summed E-state index contributed by atoms with van der Waals surface area (Å²) in [6.07, 6.45) is -1.89. The van der Waals surface area contributed by atoms with Gasteiger partial charge in [-0.25, -0.2) is 0 Å². The molecule has 2 unspecified atom stereocenters. The molecule has 19 heavy (non-hydrogen) atoms. The lowest BCUT2D eigenvalue weighted by Gasteiger charge is -2.29. The summed E-state index contributed by atoms with van der Waals surface area (Å²) in [6.45, 7) is 2.84. The van der Waals surface area contributed by atoms with Crippen molar-refractivity contribution in [3.63, 3.8) is 0 Å². The van der Waals surface area contributed by atoms with Crippen LogP contribution in [-0.4, -0.2) is 17.0 Å². The molecule has 2 atom stereocenters. The van der Waals surface area contributed by atoms with Crippen molar-refractivity contribution < 1.29 is 13.2 Å². The Balaban J connectivity index is 1.89. The van der Waals surface area contributed by atoms with Gasteiger partial charge in [0.05, 0.1) is 5.56 Å². The summed E-state index contributed by atoms with van der Waals surface area (Å²) in [4.78, 5) is 0. The van der Waals surface area contributed by atoms with Crippen molar-refractivity contribution in [2.45, 2.75) is 43.8 Å². The summed E-state index contributed by atoms with van der Waals surface area (Å²) in [6, 6.07) is 5.86. The van der Waals surface area contributed by atoms with Gasteiger partial charge in [-0.15, -0.1) is 0 Å². The van der Waals surface area contributed by atoms with Gasteiger partial charge >= 0.3 is 6.18 Å². The second kappa shape index (κ2) is 6.18. The van der Waals surface area contributed by atoms with Crippen LogP contribution in [0.2, 0.25) is 0 Å². The molecule has 1 heterocycles. The molecule has 1 aliphatic rings. The van der Waals surface area contributed by atoms with E-state index < -0.39 is 11.7 Å². The highest BCUT2D eigenvalue weighted by molar-refractivity contribution is 7.99. The smallest absolute Gasteiger partial charge is 0.309 e. The van der Waals surface area contributed by atoms with Crippen LogP contribution in [-0.2, 0) is 12.7 Å². The van der Waals surface area contributed by atoms with E-state index in [-0.39, 0.29) is 0 Å². The molecule has 1 saturated heterocycles. The van der Waals surface area contributed by atoms with Gasteiger partial charge in [-0.05, 0) is 36.3 Å². The highest BCUT2D eigenvalue weighted by Crippen LogP contribution is 2.29. The maximum atomic E-state index is 12.4. The number of rotatable bonds is 3. The Bertz CT molecular complexity index is 402. The van der Waals surface area contributed by atoms with Crippen molar-refractivity contribution in [2.24, 2.45) is 0 Å². The highest BCUT2D eigenvalue weighted by Gasteiger charge is 2.30. The molecule has 1 nitrogen and oxygen atoms in total. The van der Waals surface area contributed by atoms with Gasteiger partial charge in [0, 0.05) is 17.8 Å². The average molecular weight is 289 g/mol. The first-order valence-electron chi connectivity index (χ1n) is 6.48. The van der Waals surface area contributed by atoms with Crippen molar-refractivity contribution in [1.29, 1.82) is 0 Å². The van der Waals surface area contributed by atoms with Crippen LogP contribution in [0.1, 0.15) is 30.9 Å². The Hall–Kier alpha value is -0.680. The molecule has 1 N–H and O–H groups in total. The largest absolute Gasteiger partial charge is 0.416 e. The normalized spacial score (nSPS) is 24.4. The predicted molar refractivity (Wildman–Crippen MR) is 73.2 cm³/mol. The van der Waals surface area contributed by atoms with Gasteiger partial charge in [0.15, 0.2) is 0 Å². The number of hydrogen-bond acceptors (Lipinski definition) is 2. The van der Waals surface area contributed by atoms with E-state index in [0.29, 0.717) is 17.8 Å². The maximum Gasteiger partial charge on any atom is 0.416 e. The van der Waals surface area contributed by atoms with Gasteiger partial charge in [-0.2, -0.15) is 24.9 Å². The number of thioether (sulfide) groups is 1. The Morgan fingerprint density at radius 1 is 1.26 bits per heavy atom. The van der Waals surface area contributed by atoms with Gasteiger partial charge in [0.1, 0.15) is 0 Å². The van der Waals surface area contributed by atoms with Crippen molar-refractivity contribution in [3.05, 3.63) is 35.4 Å². The average Bonchev–Trinajstić information content (AvgIpc) is 2.37. The lowest BCUT2D eigenvalue weighted by atomic mass is 10.1. The summed E-state index contributed by atoms with van der Waals surface area (Å²) in [7, 11) is 0. The fraction of sp³-hybridized carbons (Fsp3) is 0.571.